The summed E-state index contributed by atoms with van der Waals surface area (Å²) in [4.78, 5) is 39.1. The fourth-order valence-electron chi connectivity index (χ4n) is 5.29. The lowest BCUT2D eigenvalue weighted by molar-refractivity contribution is -0.0942. The maximum Gasteiger partial charge on any atom is 0.472 e. The Labute approximate surface area is 250 Å². The lowest BCUT2D eigenvalue weighted by atomic mass is 9.91. The van der Waals surface area contributed by atoms with E-state index in [9.17, 15) is 31.9 Å². The minimum absolute atomic E-state index is 0.0629. The van der Waals surface area contributed by atoms with Crippen molar-refractivity contribution < 1.29 is 36.4 Å². The van der Waals surface area contributed by atoms with E-state index < -0.39 is 23.8 Å². The summed E-state index contributed by atoms with van der Waals surface area (Å²) in [5, 5.41) is 6.17. The van der Waals surface area contributed by atoms with E-state index in [4.69, 9.17) is 4.42 Å². The number of halogens is 4. The predicted octanol–water partition coefficient (Wildman–Crippen LogP) is 7.33. The second-order valence-electron chi connectivity index (χ2n) is 12.0. The standard InChI is InChI=1S/C33H31F4N3O4/c1-32(2,3)17-39-30(42)20-7-5-6-19(14-20)23-15-24-26(25(41)16-38-4)28(18-8-10-21(34)11-9-18)44-29(24)22-12-13-40(27(22)23)31(43)33(35,36)37/h5-8,10-15,18,38H,9,16-17H2,1-4H3,(H,39,42). The van der Waals surface area contributed by atoms with Gasteiger partial charge in [0.15, 0.2) is 5.78 Å². The van der Waals surface area contributed by atoms with Crippen molar-refractivity contribution >= 4 is 39.5 Å². The van der Waals surface area contributed by atoms with Gasteiger partial charge in [-0.25, -0.2) is 4.39 Å². The molecule has 2 aromatic heterocycles. The van der Waals surface area contributed by atoms with Gasteiger partial charge in [-0.05, 0) is 60.9 Å². The average molecular weight is 610 g/mol. The van der Waals surface area contributed by atoms with Crippen LogP contribution >= 0.6 is 0 Å². The maximum atomic E-state index is 13.8. The van der Waals surface area contributed by atoms with Crippen LogP contribution in [0.25, 0.3) is 33.0 Å². The molecule has 1 atom stereocenters. The molecule has 1 aliphatic carbocycles. The number of nitrogens with one attached hydrogen (secondary N) is 2. The molecule has 1 aliphatic rings. The van der Waals surface area contributed by atoms with Gasteiger partial charge in [0.1, 0.15) is 17.2 Å². The molecular weight excluding hydrogens is 578 g/mol. The Hall–Kier alpha value is -4.51. The number of hydrogen-bond donors (Lipinski definition) is 2. The smallest absolute Gasteiger partial charge is 0.459 e. The van der Waals surface area contributed by atoms with Gasteiger partial charge in [-0.15, -0.1) is 0 Å². The largest absolute Gasteiger partial charge is 0.472 e. The fraction of sp³-hybridized carbons (Fsp3) is 0.303. The van der Waals surface area contributed by atoms with Crippen LogP contribution in [-0.2, 0) is 0 Å². The second kappa shape index (κ2) is 11.5. The first-order chi connectivity index (χ1) is 20.7. The summed E-state index contributed by atoms with van der Waals surface area (Å²) in [6.07, 6.45) is 0.234. The lowest BCUT2D eigenvalue weighted by Gasteiger charge is -2.19. The first kappa shape index (κ1) is 30.9. The zero-order valence-corrected chi connectivity index (χ0v) is 24.6. The van der Waals surface area contributed by atoms with Crippen LogP contribution < -0.4 is 10.6 Å². The molecule has 2 N–H and O–H groups in total. The summed E-state index contributed by atoms with van der Waals surface area (Å²) in [5.41, 5.74) is 0.856. The molecule has 2 aromatic carbocycles. The molecule has 0 fully saturated rings. The SMILES string of the molecule is CNCC(=O)c1c(C2C=CC(F)=CC2)oc2c1cc(-c1cccc(C(=O)NCC(C)(C)C)c1)c1c2ccn1C(=O)C(F)(F)F. The Kier molecular flexibility index (Phi) is 8.11. The van der Waals surface area contributed by atoms with E-state index in [1.54, 1.807) is 31.3 Å². The maximum absolute atomic E-state index is 13.8. The quantitative estimate of drug-likeness (QED) is 0.169. The molecule has 44 heavy (non-hydrogen) atoms. The van der Waals surface area contributed by atoms with E-state index in [-0.39, 0.29) is 69.0 Å². The number of amides is 1. The molecule has 5 rings (SSSR count). The predicted molar refractivity (Wildman–Crippen MR) is 160 cm³/mol. The van der Waals surface area contributed by atoms with E-state index in [1.807, 2.05) is 20.8 Å². The number of fused-ring (bicyclic) bond motifs is 3. The Morgan fingerprint density at radius 3 is 2.45 bits per heavy atom. The van der Waals surface area contributed by atoms with Crippen molar-refractivity contribution in [2.45, 2.75) is 39.3 Å². The van der Waals surface area contributed by atoms with Crippen molar-refractivity contribution in [2.75, 3.05) is 20.1 Å². The van der Waals surface area contributed by atoms with Crippen LogP contribution in [0.1, 0.15) is 64.4 Å². The number of carbonyl (C=O) groups is 3. The summed E-state index contributed by atoms with van der Waals surface area (Å²) >= 11 is 0. The van der Waals surface area contributed by atoms with Crippen molar-refractivity contribution in [1.29, 1.82) is 0 Å². The number of ketones is 1. The number of alkyl halides is 3. The molecule has 0 radical (unpaired) electrons. The summed E-state index contributed by atoms with van der Waals surface area (Å²) < 4.78 is 61.7. The topological polar surface area (TPSA) is 93.3 Å². The molecule has 0 saturated carbocycles. The number of benzene rings is 2. The van der Waals surface area contributed by atoms with Crippen molar-refractivity contribution in [3.05, 3.63) is 83.5 Å². The van der Waals surface area contributed by atoms with E-state index in [0.29, 0.717) is 22.1 Å². The van der Waals surface area contributed by atoms with Crippen LogP contribution in [0.4, 0.5) is 17.6 Å². The number of carbonyl (C=O) groups excluding carboxylic acids is 3. The lowest BCUT2D eigenvalue weighted by Crippen LogP contribution is -2.32. The number of allylic oxidation sites excluding steroid dienone is 4. The first-order valence-corrected chi connectivity index (χ1v) is 14.0. The molecule has 0 bridgehead atoms. The minimum atomic E-state index is -5.18. The highest BCUT2D eigenvalue weighted by Gasteiger charge is 2.41. The fourth-order valence-corrected chi connectivity index (χ4v) is 5.29. The van der Waals surface area contributed by atoms with Crippen LogP contribution in [0.15, 0.2) is 71.1 Å². The zero-order chi connectivity index (χ0) is 32.0. The summed E-state index contributed by atoms with van der Waals surface area (Å²) in [6, 6.07) is 9.17. The number of rotatable bonds is 7. The minimum Gasteiger partial charge on any atom is -0.459 e. The third-order valence-electron chi connectivity index (χ3n) is 7.33. The Morgan fingerprint density at radius 1 is 1.07 bits per heavy atom. The van der Waals surface area contributed by atoms with E-state index in [0.717, 1.165) is 6.20 Å². The zero-order valence-electron chi connectivity index (χ0n) is 24.6. The Bertz CT molecular complexity index is 1850. The number of nitrogens with zero attached hydrogens (tertiary/aromatic N) is 1. The molecule has 1 amide bonds. The Morgan fingerprint density at radius 2 is 1.82 bits per heavy atom. The van der Waals surface area contributed by atoms with Gasteiger partial charge in [0.2, 0.25) is 0 Å². The molecule has 2 heterocycles. The highest BCUT2D eigenvalue weighted by Crippen LogP contribution is 2.43. The molecular formula is C33H31F4N3O4. The summed E-state index contributed by atoms with van der Waals surface area (Å²) in [7, 11) is 1.60. The van der Waals surface area contributed by atoms with Gasteiger partial charge < -0.3 is 15.1 Å². The summed E-state index contributed by atoms with van der Waals surface area (Å²) in [6.45, 7) is 6.21. The van der Waals surface area contributed by atoms with Gasteiger partial charge >= 0.3 is 12.1 Å². The van der Waals surface area contributed by atoms with Crippen molar-refractivity contribution in [3.63, 3.8) is 0 Å². The Balaban J connectivity index is 1.79. The van der Waals surface area contributed by atoms with Crippen molar-refractivity contribution in [3.8, 4) is 11.1 Å². The van der Waals surface area contributed by atoms with Gasteiger partial charge in [-0.2, -0.15) is 13.2 Å². The van der Waals surface area contributed by atoms with E-state index >= 15 is 0 Å². The molecule has 11 heteroatoms. The van der Waals surface area contributed by atoms with Crippen LogP contribution in [0.3, 0.4) is 0 Å². The molecule has 230 valence electrons. The monoisotopic (exact) mass is 609 g/mol. The number of Topliss-reactive ketones (excluding diaryl/α,β-unsaturated/α-hetero) is 1. The molecule has 0 saturated heterocycles. The van der Waals surface area contributed by atoms with Gasteiger partial charge in [-0.3, -0.25) is 19.0 Å². The van der Waals surface area contributed by atoms with Crippen LogP contribution in [0, 0.1) is 5.41 Å². The third kappa shape index (κ3) is 5.96. The first-order valence-electron chi connectivity index (χ1n) is 14.0. The van der Waals surface area contributed by atoms with Crippen LogP contribution in [0.2, 0.25) is 0 Å². The van der Waals surface area contributed by atoms with Crippen LogP contribution in [-0.4, -0.2) is 48.5 Å². The van der Waals surface area contributed by atoms with Gasteiger partial charge in [0.05, 0.1) is 17.6 Å². The average Bonchev–Trinajstić information content (AvgIpc) is 3.57. The second-order valence-corrected chi connectivity index (χ2v) is 12.0. The van der Waals surface area contributed by atoms with E-state index in [1.165, 1.54) is 30.4 Å². The number of aromatic nitrogens is 1. The molecule has 4 aromatic rings. The number of furan rings is 1. The molecule has 7 nitrogen and oxygen atoms in total. The molecule has 0 spiro atoms. The number of likely N-dealkylation sites (N-methyl/N-ethyl adjacent to an activating group) is 1. The molecule has 1 unspecified atom stereocenters. The van der Waals surface area contributed by atoms with Crippen molar-refractivity contribution in [2.24, 2.45) is 5.41 Å². The van der Waals surface area contributed by atoms with Gasteiger partial charge in [0, 0.05) is 40.6 Å². The van der Waals surface area contributed by atoms with E-state index in [2.05, 4.69) is 10.6 Å². The van der Waals surface area contributed by atoms with Gasteiger partial charge in [-0.1, -0.05) is 39.0 Å². The van der Waals surface area contributed by atoms with Gasteiger partial charge in [0.25, 0.3) is 5.91 Å². The summed E-state index contributed by atoms with van der Waals surface area (Å²) in [5.74, 6) is -3.52. The number of hydrogen-bond acceptors (Lipinski definition) is 5. The van der Waals surface area contributed by atoms with Crippen LogP contribution in [0.5, 0.6) is 0 Å². The third-order valence-corrected chi connectivity index (χ3v) is 7.33. The highest BCUT2D eigenvalue weighted by atomic mass is 19.4. The van der Waals surface area contributed by atoms with Crippen molar-refractivity contribution in [1.82, 2.24) is 15.2 Å². The normalized spacial score (nSPS) is 15.5. The highest BCUT2D eigenvalue weighted by molar-refractivity contribution is 6.19. The molecule has 0 aliphatic heterocycles.